The summed E-state index contributed by atoms with van der Waals surface area (Å²) in [5.41, 5.74) is 3.30. The van der Waals surface area contributed by atoms with E-state index in [1.165, 1.54) is 0 Å². The summed E-state index contributed by atoms with van der Waals surface area (Å²) in [6, 6.07) is 13.9. The maximum Gasteiger partial charge on any atom is 0.119 e. The van der Waals surface area contributed by atoms with Crippen LogP contribution in [0.15, 0.2) is 46.9 Å². The lowest BCUT2D eigenvalue weighted by Gasteiger charge is -2.14. The summed E-state index contributed by atoms with van der Waals surface area (Å²) in [6.45, 7) is 4.79. The van der Waals surface area contributed by atoms with Gasteiger partial charge in [-0.15, -0.1) is 0 Å². The fraction of sp³-hybridized carbons (Fsp3) is 0.294. The van der Waals surface area contributed by atoms with Gasteiger partial charge in [0, 0.05) is 16.7 Å². The van der Waals surface area contributed by atoms with Crippen LogP contribution < -0.4 is 10.1 Å². The van der Waals surface area contributed by atoms with Crippen molar-refractivity contribution >= 4 is 21.6 Å². The van der Waals surface area contributed by atoms with Crippen LogP contribution in [0.2, 0.25) is 0 Å². The molecule has 112 valence electrons. The lowest BCUT2D eigenvalue weighted by Crippen LogP contribution is -2.26. The highest BCUT2D eigenvalue weighted by Gasteiger charge is 2.06. The van der Waals surface area contributed by atoms with E-state index >= 15 is 0 Å². The Morgan fingerprint density at radius 1 is 1.10 bits per heavy atom. The van der Waals surface area contributed by atoms with E-state index < -0.39 is 6.10 Å². The molecule has 0 spiro atoms. The van der Waals surface area contributed by atoms with Crippen LogP contribution in [0.4, 0.5) is 5.69 Å². The van der Waals surface area contributed by atoms with Crippen LogP contribution in [-0.2, 0) is 0 Å². The zero-order chi connectivity index (χ0) is 15.2. The van der Waals surface area contributed by atoms with Crippen molar-refractivity contribution in [2.75, 3.05) is 18.5 Å². The Balaban J connectivity index is 1.79. The molecule has 0 saturated heterocycles. The zero-order valence-electron chi connectivity index (χ0n) is 12.3. The SMILES string of the molecule is Cc1cc(C)cc(OCC(O)CNc2ccc(Br)cc2)c1. The Morgan fingerprint density at radius 3 is 2.33 bits per heavy atom. The van der Waals surface area contributed by atoms with E-state index in [1.54, 1.807) is 0 Å². The number of rotatable bonds is 6. The first-order valence-corrected chi connectivity index (χ1v) is 7.71. The van der Waals surface area contributed by atoms with Crippen molar-refractivity contribution in [3.63, 3.8) is 0 Å². The molecule has 0 bridgehead atoms. The molecule has 2 N–H and O–H groups in total. The molecule has 0 fully saturated rings. The highest BCUT2D eigenvalue weighted by atomic mass is 79.9. The summed E-state index contributed by atoms with van der Waals surface area (Å²) in [6.07, 6.45) is -0.561. The lowest BCUT2D eigenvalue weighted by molar-refractivity contribution is 0.117. The van der Waals surface area contributed by atoms with Crippen molar-refractivity contribution in [1.29, 1.82) is 0 Å². The van der Waals surface area contributed by atoms with Gasteiger partial charge in [0.15, 0.2) is 0 Å². The molecule has 0 aromatic heterocycles. The van der Waals surface area contributed by atoms with Gasteiger partial charge in [-0.3, -0.25) is 0 Å². The molecular formula is C17H20BrNO2. The van der Waals surface area contributed by atoms with Gasteiger partial charge in [-0.2, -0.15) is 0 Å². The Bertz CT molecular complexity index is 564. The van der Waals surface area contributed by atoms with E-state index in [0.717, 1.165) is 27.0 Å². The molecule has 1 atom stereocenters. The van der Waals surface area contributed by atoms with Gasteiger partial charge in [-0.25, -0.2) is 0 Å². The summed E-state index contributed by atoms with van der Waals surface area (Å²) in [5, 5.41) is 13.1. The van der Waals surface area contributed by atoms with Crippen LogP contribution >= 0.6 is 15.9 Å². The first-order chi connectivity index (χ1) is 10.0. The summed E-state index contributed by atoms with van der Waals surface area (Å²) in [5.74, 6) is 0.801. The second-order valence-electron chi connectivity index (χ2n) is 5.18. The molecule has 0 saturated carbocycles. The summed E-state index contributed by atoms with van der Waals surface area (Å²) >= 11 is 3.39. The predicted molar refractivity (Wildman–Crippen MR) is 90.0 cm³/mol. The molecule has 21 heavy (non-hydrogen) atoms. The maximum absolute atomic E-state index is 9.97. The molecule has 0 radical (unpaired) electrons. The molecule has 0 aliphatic rings. The largest absolute Gasteiger partial charge is 0.491 e. The number of ether oxygens (including phenoxy) is 1. The molecule has 4 heteroatoms. The van der Waals surface area contributed by atoms with Gasteiger partial charge < -0.3 is 15.2 Å². The van der Waals surface area contributed by atoms with Crippen molar-refractivity contribution in [3.05, 3.63) is 58.1 Å². The van der Waals surface area contributed by atoms with E-state index in [-0.39, 0.29) is 6.61 Å². The minimum atomic E-state index is -0.561. The number of hydrogen-bond acceptors (Lipinski definition) is 3. The predicted octanol–water partition coefficient (Wildman–Crippen LogP) is 3.92. The number of aliphatic hydroxyl groups is 1. The first kappa shape index (κ1) is 15.9. The average molecular weight is 350 g/mol. The molecule has 2 aromatic rings. The van der Waals surface area contributed by atoms with Gasteiger partial charge in [0.1, 0.15) is 18.5 Å². The van der Waals surface area contributed by atoms with Crippen LogP contribution in [0.25, 0.3) is 0 Å². The van der Waals surface area contributed by atoms with Crippen LogP contribution in [0.5, 0.6) is 5.75 Å². The van der Waals surface area contributed by atoms with Crippen LogP contribution in [-0.4, -0.2) is 24.4 Å². The topological polar surface area (TPSA) is 41.5 Å². The molecule has 1 unspecified atom stereocenters. The molecular weight excluding hydrogens is 330 g/mol. The van der Waals surface area contributed by atoms with Crippen molar-refractivity contribution < 1.29 is 9.84 Å². The third-order valence-corrected chi connectivity index (χ3v) is 3.55. The monoisotopic (exact) mass is 349 g/mol. The molecule has 0 aliphatic heterocycles. The van der Waals surface area contributed by atoms with Crippen molar-refractivity contribution in [1.82, 2.24) is 0 Å². The summed E-state index contributed by atoms with van der Waals surface area (Å²) < 4.78 is 6.67. The third-order valence-electron chi connectivity index (χ3n) is 3.02. The van der Waals surface area contributed by atoms with Gasteiger partial charge >= 0.3 is 0 Å². The number of halogens is 1. The van der Waals surface area contributed by atoms with Crippen LogP contribution in [0, 0.1) is 13.8 Å². The van der Waals surface area contributed by atoms with Crippen molar-refractivity contribution in [3.8, 4) is 5.75 Å². The Kier molecular flexibility index (Phi) is 5.65. The van der Waals surface area contributed by atoms with Gasteiger partial charge in [0.25, 0.3) is 0 Å². The number of aryl methyl sites for hydroxylation is 2. The van der Waals surface area contributed by atoms with E-state index in [2.05, 4.69) is 27.3 Å². The smallest absolute Gasteiger partial charge is 0.119 e. The number of benzene rings is 2. The minimum absolute atomic E-state index is 0.270. The third kappa shape index (κ3) is 5.40. The highest BCUT2D eigenvalue weighted by Crippen LogP contribution is 2.17. The first-order valence-electron chi connectivity index (χ1n) is 6.91. The number of anilines is 1. The molecule has 0 heterocycles. The molecule has 3 nitrogen and oxygen atoms in total. The molecule has 0 amide bonds. The second kappa shape index (κ2) is 7.48. The second-order valence-corrected chi connectivity index (χ2v) is 6.09. The number of hydrogen-bond donors (Lipinski definition) is 2. The summed E-state index contributed by atoms with van der Waals surface area (Å²) in [4.78, 5) is 0. The Morgan fingerprint density at radius 2 is 1.71 bits per heavy atom. The Hall–Kier alpha value is -1.52. The van der Waals surface area contributed by atoms with Crippen molar-refractivity contribution in [2.24, 2.45) is 0 Å². The molecule has 2 aromatic carbocycles. The fourth-order valence-electron chi connectivity index (χ4n) is 2.07. The van der Waals surface area contributed by atoms with Gasteiger partial charge in [0.05, 0.1) is 0 Å². The van der Waals surface area contributed by atoms with E-state index in [1.807, 2.05) is 50.2 Å². The number of nitrogens with one attached hydrogen (secondary N) is 1. The minimum Gasteiger partial charge on any atom is -0.491 e. The summed E-state index contributed by atoms with van der Waals surface area (Å²) in [7, 11) is 0. The van der Waals surface area contributed by atoms with Crippen molar-refractivity contribution in [2.45, 2.75) is 20.0 Å². The van der Waals surface area contributed by atoms with Crippen LogP contribution in [0.1, 0.15) is 11.1 Å². The quantitative estimate of drug-likeness (QED) is 0.830. The highest BCUT2D eigenvalue weighted by molar-refractivity contribution is 9.10. The van der Waals surface area contributed by atoms with E-state index in [4.69, 9.17) is 4.74 Å². The normalized spacial score (nSPS) is 12.0. The van der Waals surface area contributed by atoms with Crippen LogP contribution in [0.3, 0.4) is 0 Å². The van der Waals surface area contributed by atoms with E-state index in [9.17, 15) is 5.11 Å². The van der Waals surface area contributed by atoms with Gasteiger partial charge in [0.2, 0.25) is 0 Å². The maximum atomic E-state index is 9.97. The van der Waals surface area contributed by atoms with Gasteiger partial charge in [-0.1, -0.05) is 22.0 Å². The lowest BCUT2D eigenvalue weighted by atomic mass is 10.1. The van der Waals surface area contributed by atoms with Gasteiger partial charge in [-0.05, 0) is 61.4 Å². The zero-order valence-corrected chi connectivity index (χ0v) is 13.9. The fourth-order valence-corrected chi connectivity index (χ4v) is 2.34. The number of aliphatic hydroxyl groups excluding tert-OH is 1. The molecule has 2 rings (SSSR count). The standard InChI is InChI=1S/C17H20BrNO2/c1-12-7-13(2)9-17(8-12)21-11-16(20)10-19-15-5-3-14(18)4-6-15/h3-9,16,19-20H,10-11H2,1-2H3. The van der Waals surface area contributed by atoms with E-state index in [0.29, 0.717) is 6.54 Å². The Labute approximate surface area is 134 Å². The average Bonchev–Trinajstić information content (AvgIpc) is 2.43. The molecule has 0 aliphatic carbocycles.